The van der Waals surface area contributed by atoms with E-state index in [4.69, 9.17) is 0 Å². The highest BCUT2D eigenvalue weighted by Gasteiger charge is 2.53. The van der Waals surface area contributed by atoms with Crippen LogP contribution in [0.25, 0.3) is 0 Å². The predicted molar refractivity (Wildman–Crippen MR) is 105 cm³/mol. The number of aliphatic carboxylic acids is 1. The van der Waals surface area contributed by atoms with E-state index in [2.05, 4.69) is 16.7 Å². The minimum atomic E-state index is -1.10. The first-order chi connectivity index (χ1) is 13.0. The van der Waals surface area contributed by atoms with Gasteiger partial charge in [-0.05, 0) is 49.8 Å². The number of thioether (sulfide) groups is 1. The molecule has 1 unspecified atom stereocenters. The molecule has 3 heterocycles. The number of carboxylic acids is 1. The molecule has 3 N–H and O–H groups in total. The van der Waals surface area contributed by atoms with E-state index in [1.54, 1.807) is 18.3 Å². The molecule has 144 valence electrons. The average Bonchev–Trinajstić information content (AvgIpc) is 3.07. The molecule has 3 aliphatic rings. The molecule has 0 bridgehead atoms. The molecule has 9 heteroatoms. The molecule has 1 aliphatic carbocycles. The fourth-order valence-corrected chi connectivity index (χ4v) is 6.19. The second-order valence-electron chi connectivity index (χ2n) is 7.01. The molecular formula is C18H21N3O4S2. The van der Waals surface area contributed by atoms with Crippen LogP contribution in [0.15, 0.2) is 17.3 Å². The molecule has 0 saturated carbocycles. The maximum atomic E-state index is 12.4. The van der Waals surface area contributed by atoms with Crippen molar-refractivity contribution >= 4 is 45.9 Å². The van der Waals surface area contributed by atoms with Crippen LogP contribution in [-0.2, 0) is 27.2 Å². The summed E-state index contributed by atoms with van der Waals surface area (Å²) in [6.45, 7) is 1.82. The predicted octanol–water partition coefficient (Wildman–Crippen LogP) is 1.80. The first kappa shape index (κ1) is 18.4. The van der Waals surface area contributed by atoms with E-state index in [0.717, 1.165) is 17.8 Å². The number of fused-ring (bicyclic) bond motifs is 2. The number of rotatable bonds is 5. The van der Waals surface area contributed by atoms with Crippen LogP contribution in [0.3, 0.4) is 0 Å². The Morgan fingerprint density at radius 1 is 1.33 bits per heavy atom. The van der Waals surface area contributed by atoms with Gasteiger partial charge in [-0.3, -0.25) is 14.5 Å². The fourth-order valence-electron chi connectivity index (χ4n) is 3.74. The third kappa shape index (κ3) is 3.34. The molecule has 1 aromatic heterocycles. The van der Waals surface area contributed by atoms with Crippen molar-refractivity contribution in [2.24, 2.45) is 0 Å². The van der Waals surface area contributed by atoms with Crippen molar-refractivity contribution in [2.75, 3.05) is 17.6 Å². The number of carboxylic acid groups (broad SMARTS) is 1. The molecule has 4 rings (SSSR count). The lowest BCUT2D eigenvalue weighted by Crippen LogP contribution is -2.70. The molecule has 2 aliphatic heterocycles. The highest BCUT2D eigenvalue weighted by Crippen LogP contribution is 2.40. The van der Waals surface area contributed by atoms with Crippen molar-refractivity contribution in [3.8, 4) is 0 Å². The maximum absolute atomic E-state index is 12.4. The summed E-state index contributed by atoms with van der Waals surface area (Å²) in [6, 6.07) is 1.45. The summed E-state index contributed by atoms with van der Waals surface area (Å²) in [6.07, 6.45) is 4.65. The van der Waals surface area contributed by atoms with Crippen molar-refractivity contribution < 1.29 is 19.5 Å². The number of amides is 2. The van der Waals surface area contributed by atoms with Crippen LogP contribution in [0.1, 0.15) is 30.2 Å². The molecule has 0 radical (unpaired) electrons. The Bertz CT molecular complexity index is 824. The molecule has 2 atom stereocenters. The van der Waals surface area contributed by atoms with Gasteiger partial charge in [0, 0.05) is 10.6 Å². The van der Waals surface area contributed by atoms with Crippen LogP contribution >= 0.6 is 23.1 Å². The largest absolute Gasteiger partial charge is 0.477 e. The van der Waals surface area contributed by atoms with Gasteiger partial charge < -0.3 is 15.7 Å². The number of hydrogen-bond acceptors (Lipinski definition) is 6. The number of carbonyl (C=O) groups is 3. The second kappa shape index (κ2) is 7.20. The molecule has 2 amide bonds. The van der Waals surface area contributed by atoms with Gasteiger partial charge in [0.05, 0.1) is 11.5 Å². The Morgan fingerprint density at radius 2 is 2.11 bits per heavy atom. The van der Waals surface area contributed by atoms with Gasteiger partial charge in [-0.15, -0.1) is 23.1 Å². The molecule has 7 nitrogen and oxygen atoms in total. The van der Waals surface area contributed by atoms with E-state index in [1.807, 2.05) is 0 Å². The second-order valence-corrected chi connectivity index (χ2v) is 9.25. The Labute approximate surface area is 165 Å². The lowest BCUT2D eigenvalue weighted by molar-refractivity contribution is -0.150. The summed E-state index contributed by atoms with van der Waals surface area (Å²) in [7, 11) is 0. The normalized spacial score (nSPS) is 24.0. The molecule has 27 heavy (non-hydrogen) atoms. The van der Waals surface area contributed by atoms with E-state index >= 15 is 0 Å². The van der Waals surface area contributed by atoms with Gasteiger partial charge in [-0.2, -0.15) is 0 Å². The number of nitrogens with one attached hydrogen (secondary N) is 2. The Kier molecular flexibility index (Phi) is 4.90. The van der Waals surface area contributed by atoms with Crippen molar-refractivity contribution in [3.63, 3.8) is 0 Å². The molecule has 1 aromatic rings. The van der Waals surface area contributed by atoms with Gasteiger partial charge in [-0.1, -0.05) is 0 Å². The first-order valence-corrected chi connectivity index (χ1v) is 10.8. The van der Waals surface area contributed by atoms with Crippen LogP contribution in [0.2, 0.25) is 0 Å². The molecule has 1 saturated heterocycles. The monoisotopic (exact) mass is 407 g/mol. The highest BCUT2D eigenvalue weighted by molar-refractivity contribution is 8.00. The number of hydrogen-bond donors (Lipinski definition) is 3. The van der Waals surface area contributed by atoms with Gasteiger partial charge >= 0.3 is 5.97 Å². The minimum Gasteiger partial charge on any atom is -0.477 e. The van der Waals surface area contributed by atoms with E-state index in [1.165, 1.54) is 39.9 Å². The minimum absolute atomic E-state index is 0.0524. The number of carbonyl (C=O) groups excluding carboxylic acids is 2. The van der Waals surface area contributed by atoms with Crippen molar-refractivity contribution in [2.45, 2.75) is 44.0 Å². The van der Waals surface area contributed by atoms with Gasteiger partial charge in [0.2, 0.25) is 5.91 Å². The standard InChI is InChI=1S/C18H21N3O4S2/c1-9-8-26-17-14(16(23)21(17)15(9)18(24)25)20-12(22)7-19-13-6-10-4-2-3-5-11(10)27-13/h6,14,17,19H,2-5,7-8H2,1H3,(H,20,22)(H,24,25)/t14?,17-/m0/s1. The Balaban J connectivity index is 1.34. The fraction of sp³-hybridized carbons (Fsp3) is 0.500. The summed E-state index contributed by atoms with van der Waals surface area (Å²) < 4.78 is 0. The van der Waals surface area contributed by atoms with Crippen LogP contribution < -0.4 is 10.6 Å². The maximum Gasteiger partial charge on any atom is 0.352 e. The average molecular weight is 408 g/mol. The number of β-lactam (4-membered cyclic amide) rings is 1. The van der Waals surface area contributed by atoms with E-state index in [-0.39, 0.29) is 29.4 Å². The summed E-state index contributed by atoms with van der Waals surface area (Å²) >= 11 is 3.18. The third-order valence-electron chi connectivity index (χ3n) is 5.10. The van der Waals surface area contributed by atoms with Crippen LogP contribution in [0.5, 0.6) is 0 Å². The first-order valence-electron chi connectivity index (χ1n) is 8.98. The topological polar surface area (TPSA) is 98.7 Å². The summed E-state index contributed by atoms with van der Waals surface area (Å²) in [5.41, 5.74) is 2.10. The zero-order valence-electron chi connectivity index (χ0n) is 14.9. The molecule has 0 spiro atoms. The molecule has 0 aromatic carbocycles. The number of nitrogens with zero attached hydrogens (tertiary/aromatic N) is 1. The number of thiophene rings is 1. The Hall–Kier alpha value is -2.00. The lowest BCUT2D eigenvalue weighted by Gasteiger charge is -2.49. The smallest absolute Gasteiger partial charge is 0.352 e. The lowest BCUT2D eigenvalue weighted by atomic mass is 10.00. The van der Waals surface area contributed by atoms with E-state index < -0.39 is 12.0 Å². The molecule has 1 fully saturated rings. The van der Waals surface area contributed by atoms with Crippen LogP contribution in [0, 0.1) is 0 Å². The van der Waals surface area contributed by atoms with Crippen molar-refractivity contribution in [1.29, 1.82) is 0 Å². The van der Waals surface area contributed by atoms with Gasteiger partial charge in [0.15, 0.2) is 0 Å². The van der Waals surface area contributed by atoms with E-state index in [0.29, 0.717) is 11.3 Å². The molecular weight excluding hydrogens is 386 g/mol. The number of aryl methyl sites for hydroxylation is 2. The number of anilines is 1. The zero-order valence-corrected chi connectivity index (χ0v) is 16.5. The van der Waals surface area contributed by atoms with Gasteiger partial charge in [0.25, 0.3) is 5.91 Å². The van der Waals surface area contributed by atoms with Gasteiger partial charge in [0.1, 0.15) is 17.1 Å². The summed E-state index contributed by atoms with van der Waals surface area (Å²) in [5.74, 6) is -1.17. The SMILES string of the molecule is CC1=C(C(=O)O)N2C(=O)C(NC(=O)CNc3cc4c(s3)CCCC4)[C@@H]2SC1. The summed E-state index contributed by atoms with van der Waals surface area (Å²) in [4.78, 5) is 38.8. The Morgan fingerprint density at radius 3 is 2.85 bits per heavy atom. The van der Waals surface area contributed by atoms with Crippen molar-refractivity contribution in [1.82, 2.24) is 10.2 Å². The van der Waals surface area contributed by atoms with Crippen LogP contribution in [-0.4, -0.2) is 51.5 Å². The van der Waals surface area contributed by atoms with Gasteiger partial charge in [-0.25, -0.2) is 4.79 Å². The van der Waals surface area contributed by atoms with E-state index in [9.17, 15) is 19.5 Å². The zero-order chi connectivity index (χ0) is 19.1. The van der Waals surface area contributed by atoms with Crippen LogP contribution in [0.4, 0.5) is 5.00 Å². The third-order valence-corrected chi connectivity index (χ3v) is 7.72. The summed E-state index contributed by atoms with van der Waals surface area (Å²) in [5, 5.41) is 15.9. The highest BCUT2D eigenvalue weighted by atomic mass is 32.2. The van der Waals surface area contributed by atoms with Crippen molar-refractivity contribution in [3.05, 3.63) is 27.8 Å². The quantitative estimate of drug-likeness (QED) is 0.644.